The lowest BCUT2D eigenvalue weighted by atomic mass is 9.96. The third kappa shape index (κ3) is 2.44. The molecule has 21 heavy (non-hydrogen) atoms. The predicted octanol–water partition coefficient (Wildman–Crippen LogP) is 2.60. The number of nitrogens with one attached hydrogen (secondary N) is 1. The molecule has 1 aliphatic heterocycles. The summed E-state index contributed by atoms with van der Waals surface area (Å²) in [6, 6.07) is 8.24. The van der Waals surface area contributed by atoms with Crippen LogP contribution in [0.4, 0.5) is 0 Å². The van der Waals surface area contributed by atoms with Crippen molar-refractivity contribution in [2.24, 2.45) is 0 Å². The Balaban J connectivity index is 1.86. The third-order valence-corrected chi connectivity index (χ3v) is 4.37. The summed E-state index contributed by atoms with van der Waals surface area (Å²) in [5.74, 6) is -0.159. The molecule has 2 heterocycles. The van der Waals surface area contributed by atoms with Crippen molar-refractivity contribution < 1.29 is 9.90 Å². The Morgan fingerprint density at radius 1 is 1.43 bits per heavy atom. The summed E-state index contributed by atoms with van der Waals surface area (Å²) in [5.41, 5.74) is 2.28. The Labute approximate surface area is 124 Å². The maximum atomic E-state index is 12.5. The second kappa shape index (κ2) is 5.19. The van der Waals surface area contributed by atoms with Gasteiger partial charge in [-0.25, -0.2) is 0 Å². The molecule has 1 unspecified atom stereocenters. The molecule has 2 aromatic rings. The maximum Gasteiger partial charge on any atom is 0.254 e. The number of rotatable bonds is 3. The molecule has 0 saturated heterocycles. The lowest BCUT2D eigenvalue weighted by Crippen LogP contribution is -2.48. The fourth-order valence-corrected chi connectivity index (χ4v) is 3.30. The van der Waals surface area contributed by atoms with E-state index in [1.165, 1.54) is 10.9 Å². The molecule has 0 bridgehead atoms. The first kappa shape index (κ1) is 14.1. The lowest BCUT2D eigenvalue weighted by Gasteiger charge is -2.33. The van der Waals surface area contributed by atoms with Crippen LogP contribution in [-0.4, -0.2) is 33.0 Å². The molecule has 0 fully saturated rings. The van der Waals surface area contributed by atoms with Gasteiger partial charge in [-0.1, -0.05) is 31.5 Å². The van der Waals surface area contributed by atoms with Gasteiger partial charge in [-0.2, -0.15) is 0 Å². The molecule has 4 nitrogen and oxygen atoms in total. The van der Waals surface area contributed by atoms with Crippen molar-refractivity contribution in [2.75, 3.05) is 6.54 Å². The summed E-state index contributed by atoms with van der Waals surface area (Å²) in [4.78, 5) is 17.7. The quantitative estimate of drug-likeness (QED) is 0.911. The second-order valence-corrected chi connectivity index (χ2v) is 6.13. The standard InChI is InChI=1S/C17H22N2O2/c1-3-9-17(2,21)16(20)19-10-8-13-12-6-4-5-7-14(12)18-15(13)11-19/h4-7,18,21H,3,8-11H2,1-2H3. The van der Waals surface area contributed by atoms with Crippen molar-refractivity contribution in [1.82, 2.24) is 9.88 Å². The SMILES string of the molecule is CCCC(C)(O)C(=O)N1CCc2c([nH]c3ccccc23)C1. The van der Waals surface area contributed by atoms with Crippen molar-refractivity contribution >= 4 is 16.8 Å². The van der Waals surface area contributed by atoms with E-state index < -0.39 is 5.60 Å². The summed E-state index contributed by atoms with van der Waals surface area (Å²) < 4.78 is 0. The number of aromatic nitrogens is 1. The first-order chi connectivity index (χ1) is 10.0. The largest absolute Gasteiger partial charge is 0.380 e. The molecular weight excluding hydrogens is 264 g/mol. The number of amides is 1. The Morgan fingerprint density at radius 3 is 2.95 bits per heavy atom. The molecule has 4 heteroatoms. The smallest absolute Gasteiger partial charge is 0.254 e. The molecule has 0 radical (unpaired) electrons. The van der Waals surface area contributed by atoms with Gasteiger partial charge in [0.2, 0.25) is 0 Å². The zero-order valence-corrected chi connectivity index (χ0v) is 12.6. The van der Waals surface area contributed by atoms with E-state index in [2.05, 4.69) is 17.1 Å². The summed E-state index contributed by atoms with van der Waals surface area (Å²) in [5, 5.41) is 11.6. The first-order valence-corrected chi connectivity index (χ1v) is 7.63. The molecule has 0 aliphatic carbocycles. The monoisotopic (exact) mass is 286 g/mol. The molecular formula is C17H22N2O2. The number of nitrogens with zero attached hydrogens (tertiary/aromatic N) is 1. The van der Waals surface area contributed by atoms with E-state index in [9.17, 15) is 9.90 Å². The average molecular weight is 286 g/mol. The highest BCUT2D eigenvalue weighted by Crippen LogP contribution is 2.28. The Bertz CT molecular complexity index is 672. The van der Waals surface area contributed by atoms with Crippen LogP contribution < -0.4 is 0 Å². The van der Waals surface area contributed by atoms with Crippen molar-refractivity contribution in [1.29, 1.82) is 0 Å². The number of para-hydroxylation sites is 1. The van der Waals surface area contributed by atoms with Gasteiger partial charge in [0, 0.05) is 23.1 Å². The molecule has 3 rings (SSSR count). The Hall–Kier alpha value is -1.81. The number of hydrogen-bond acceptors (Lipinski definition) is 2. The van der Waals surface area contributed by atoms with Crippen molar-refractivity contribution in [2.45, 2.75) is 45.3 Å². The van der Waals surface area contributed by atoms with Crippen molar-refractivity contribution in [3.8, 4) is 0 Å². The minimum Gasteiger partial charge on any atom is -0.380 e. The molecule has 1 aromatic carbocycles. The molecule has 0 saturated carbocycles. The zero-order chi connectivity index (χ0) is 15.0. The van der Waals surface area contributed by atoms with Crippen LogP contribution >= 0.6 is 0 Å². The van der Waals surface area contributed by atoms with Gasteiger partial charge in [0.15, 0.2) is 0 Å². The van der Waals surface area contributed by atoms with Gasteiger partial charge in [-0.3, -0.25) is 4.79 Å². The molecule has 1 aromatic heterocycles. The number of hydrogen-bond donors (Lipinski definition) is 2. The van der Waals surface area contributed by atoms with Gasteiger partial charge in [0.25, 0.3) is 5.91 Å². The van der Waals surface area contributed by atoms with Crippen LogP contribution in [0.25, 0.3) is 10.9 Å². The van der Waals surface area contributed by atoms with E-state index in [-0.39, 0.29) is 5.91 Å². The maximum absolute atomic E-state index is 12.5. The number of fused-ring (bicyclic) bond motifs is 3. The molecule has 1 atom stereocenters. The van der Waals surface area contributed by atoms with Gasteiger partial charge in [0.05, 0.1) is 6.54 Å². The van der Waals surface area contributed by atoms with Crippen LogP contribution in [0.1, 0.15) is 37.9 Å². The molecule has 1 aliphatic rings. The number of benzene rings is 1. The van der Waals surface area contributed by atoms with Gasteiger partial charge >= 0.3 is 0 Å². The summed E-state index contributed by atoms with van der Waals surface area (Å²) >= 11 is 0. The van der Waals surface area contributed by atoms with Crippen LogP contribution in [0.2, 0.25) is 0 Å². The summed E-state index contributed by atoms with van der Waals surface area (Å²) in [7, 11) is 0. The molecule has 0 spiro atoms. The summed E-state index contributed by atoms with van der Waals surface area (Å²) in [6.07, 6.45) is 2.14. The Kier molecular flexibility index (Phi) is 3.49. The predicted molar refractivity (Wildman–Crippen MR) is 83.0 cm³/mol. The average Bonchev–Trinajstić information content (AvgIpc) is 2.83. The minimum atomic E-state index is -1.25. The van der Waals surface area contributed by atoms with E-state index in [1.54, 1.807) is 11.8 Å². The van der Waals surface area contributed by atoms with Crippen LogP contribution in [-0.2, 0) is 17.8 Å². The van der Waals surface area contributed by atoms with Crippen LogP contribution in [0.3, 0.4) is 0 Å². The van der Waals surface area contributed by atoms with Gasteiger partial charge < -0.3 is 15.0 Å². The normalized spacial score (nSPS) is 17.6. The fourth-order valence-electron chi connectivity index (χ4n) is 3.30. The van der Waals surface area contributed by atoms with Gasteiger partial charge in [-0.15, -0.1) is 0 Å². The highest BCUT2D eigenvalue weighted by Gasteiger charge is 2.35. The number of aromatic amines is 1. The minimum absolute atomic E-state index is 0.159. The molecule has 2 N–H and O–H groups in total. The summed E-state index contributed by atoms with van der Waals surface area (Å²) in [6.45, 7) is 4.84. The van der Waals surface area contributed by atoms with Gasteiger partial charge in [0.1, 0.15) is 5.60 Å². The lowest BCUT2D eigenvalue weighted by molar-refractivity contribution is -0.151. The Morgan fingerprint density at radius 2 is 2.19 bits per heavy atom. The van der Waals surface area contributed by atoms with Crippen molar-refractivity contribution in [3.05, 3.63) is 35.5 Å². The zero-order valence-electron chi connectivity index (χ0n) is 12.6. The van der Waals surface area contributed by atoms with E-state index in [0.717, 1.165) is 24.1 Å². The number of H-pyrrole nitrogens is 1. The number of carbonyl (C=O) groups is 1. The van der Waals surface area contributed by atoms with E-state index in [4.69, 9.17) is 0 Å². The van der Waals surface area contributed by atoms with Crippen molar-refractivity contribution in [3.63, 3.8) is 0 Å². The number of aliphatic hydroxyl groups is 1. The third-order valence-electron chi connectivity index (χ3n) is 4.37. The fraction of sp³-hybridized carbons (Fsp3) is 0.471. The highest BCUT2D eigenvalue weighted by atomic mass is 16.3. The molecule has 112 valence electrons. The van der Waals surface area contributed by atoms with Gasteiger partial charge in [-0.05, 0) is 31.4 Å². The first-order valence-electron chi connectivity index (χ1n) is 7.63. The van der Waals surface area contributed by atoms with E-state index in [1.807, 2.05) is 19.1 Å². The van der Waals surface area contributed by atoms with Crippen LogP contribution in [0.5, 0.6) is 0 Å². The highest BCUT2D eigenvalue weighted by molar-refractivity contribution is 5.87. The van der Waals surface area contributed by atoms with E-state index in [0.29, 0.717) is 19.5 Å². The second-order valence-electron chi connectivity index (χ2n) is 6.13. The molecule has 1 amide bonds. The topological polar surface area (TPSA) is 56.3 Å². The van der Waals surface area contributed by atoms with Crippen LogP contribution in [0.15, 0.2) is 24.3 Å². The number of carbonyl (C=O) groups excluding carboxylic acids is 1. The van der Waals surface area contributed by atoms with E-state index >= 15 is 0 Å². The van der Waals surface area contributed by atoms with Crippen LogP contribution in [0, 0.1) is 0 Å².